The summed E-state index contributed by atoms with van der Waals surface area (Å²) in [4.78, 5) is 0. The van der Waals surface area contributed by atoms with Crippen LogP contribution in [0, 0.1) is 6.92 Å². The number of halogens is 2. The van der Waals surface area contributed by atoms with Gasteiger partial charge in [-0.3, -0.25) is 0 Å². The summed E-state index contributed by atoms with van der Waals surface area (Å²) in [5.74, 6) is 0. The van der Waals surface area contributed by atoms with Crippen LogP contribution >= 0.6 is 23.2 Å². The summed E-state index contributed by atoms with van der Waals surface area (Å²) >= 11 is 12.5. The van der Waals surface area contributed by atoms with Crippen molar-refractivity contribution in [3.8, 4) is 0 Å². The van der Waals surface area contributed by atoms with Crippen LogP contribution in [0.3, 0.4) is 0 Å². The Bertz CT molecular complexity index is 561. The van der Waals surface area contributed by atoms with Gasteiger partial charge < -0.3 is 5.32 Å². The van der Waals surface area contributed by atoms with Gasteiger partial charge >= 0.3 is 0 Å². The Morgan fingerprint density at radius 2 is 1.85 bits per heavy atom. The maximum atomic E-state index is 6.35. The lowest BCUT2D eigenvalue weighted by molar-refractivity contribution is 0.598. The van der Waals surface area contributed by atoms with E-state index >= 15 is 0 Å². The van der Waals surface area contributed by atoms with Gasteiger partial charge in [-0.1, -0.05) is 54.4 Å². The lowest BCUT2D eigenvalue weighted by Gasteiger charge is -2.21. The van der Waals surface area contributed by atoms with E-state index in [9.17, 15) is 0 Å². The molecule has 0 aliphatic carbocycles. The van der Waals surface area contributed by atoms with Gasteiger partial charge in [-0.25, -0.2) is 0 Å². The molecule has 3 heteroatoms. The average Bonchev–Trinajstić information content (AvgIpc) is 2.40. The molecular formula is C17H19Cl2N. The van der Waals surface area contributed by atoms with E-state index in [4.69, 9.17) is 23.2 Å². The van der Waals surface area contributed by atoms with Gasteiger partial charge in [0.15, 0.2) is 0 Å². The number of aryl methyl sites for hydroxylation is 1. The van der Waals surface area contributed by atoms with Crippen LogP contribution in [0.5, 0.6) is 0 Å². The van der Waals surface area contributed by atoms with Crippen molar-refractivity contribution in [2.75, 3.05) is 6.54 Å². The predicted molar refractivity (Wildman–Crippen MR) is 87.8 cm³/mol. The highest BCUT2D eigenvalue weighted by Crippen LogP contribution is 2.30. The van der Waals surface area contributed by atoms with Crippen molar-refractivity contribution in [2.24, 2.45) is 0 Å². The van der Waals surface area contributed by atoms with E-state index in [1.165, 1.54) is 0 Å². The molecule has 20 heavy (non-hydrogen) atoms. The molecule has 0 spiro atoms. The summed E-state index contributed by atoms with van der Waals surface area (Å²) in [5.41, 5.74) is 3.39. The molecule has 0 aliphatic heterocycles. The standard InChI is InChI=1S/C17H19Cl2N/c1-3-8-20-17(15-6-4-5-7-16(15)19)13-9-12(2)10-14(18)11-13/h4-7,9-11,17,20H,3,8H2,1-2H3. The first-order valence-electron chi connectivity index (χ1n) is 6.86. The fourth-order valence-electron chi connectivity index (χ4n) is 2.34. The monoisotopic (exact) mass is 307 g/mol. The highest BCUT2D eigenvalue weighted by molar-refractivity contribution is 6.31. The van der Waals surface area contributed by atoms with Crippen molar-refractivity contribution in [2.45, 2.75) is 26.3 Å². The minimum atomic E-state index is 0.0704. The van der Waals surface area contributed by atoms with Crippen LogP contribution in [-0.4, -0.2) is 6.54 Å². The summed E-state index contributed by atoms with van der Waals surface area (Å²) in [5, 5.41) is 5.09. The fraction of sp³-hybridized carbons (Fsp3) is 0.294. The molecule has 0 radical (unpaired) electrons. The lowest BCUT2D eigenvalue weighted by Crippen LogP contribution is -2.23. The van der Waals surface area contributed by atoms with E-state index in [0.717, 1.165) is 39.7 Å². The van der Waals surface area contributed by atoms with Gasteiger partial charge in [0.25, 0.3) is 0 Å². The summed E-state index contributed by atoms with van der Waals surface area (Å²) in [6, 6.07) is 14.1. The van der Waals surface area contributed by atoms with Crippen molar-refractivity contribution in [3.05, 3.63) is 69.2 Å². The van der Waals surface area contributed by atoms with Crippen molar-refractivity contribution in [1.82, 2.24) is 5.32 Å². The van der Waals surface area contributed by atoms with Crippen molar-refractivity contribution >= 4 is 23.2 Å². The minimum absolute atomic E-state index is 0.0704. The van der Waals surface area contributed by atoms with E-state index in [-0.39, 0.29) is 6.04 Å². The number of benzene rings is 2. The van der Waals surface area contributed by atoms with Crippen molar-refractivity contribution in [1.29, 1.82) is 0 Å². The molecule has 1 unspecified atom stereocenters. The van der Waals surface area contributed by atoms with Crippen LogP contribution in [-0.2, 0) is 0 Å². The largest absolute Gasteiger partial charge is 0.306 e. The van der Waals surface area contributed by atoms with Crippen molar-refractivity contribution in [3.63, 3.8) is 0 Å². The van der Waals surface area contributed by atoms with Gasteiger partial charge in [0.1, 0.15) is 0 Å². The number of rotatable bonds is 5. The van der Waals surface area contributed by atoms with Crippen LogP contribution in [0.25, 0.3) is 0 Å². The second kappa shape index (κ2) is 7.12. The Morgan fingerprint density at radius 3 is 2.50 bits per heavy atom. The summed E-state index contributed by atoms with van der Waals surface area (Å²) < 4.78 is 0. The van der Waals surface area contributed by atoms with Crippen molar-refractivity contribution < 1.29 is 0 Å². The van der Waals surface area contributed by atoms with Crippen LogP contribution in [0.1, 0.15) is 36.1 Å². The predicted octanol–water partition coefficient (Wildman–Crippen LogP) is 5.39. The summed E-state index contributed by atoms with van der Waals surface area (Å²) in [7, 11) is 0. The van der Waals surface area contributed by atoms with E-state index < -0.39 is 0 Å². The first-order valence-corrected chi connectivity index (χ1v) is 7.62. The van der Waals surface area contributed by atoms with Crippen LogP contribution in [0.2, 0.25) is 10.0 Å². The third-order valence-corrected chi connectivity index (χ3v) is 3.77. The molecule has 1 N–H and O–H groups in total. The molecule has 2 aromatic rings. The second-order valence-corrected chi connectivity index (χ2v) is 5.81. The third kappa shape index (κ3) is 3.76. The fourth-order valence-corrected chi connectivity index (χ4v) is 2.88. The number of hydrogen-bond donors (Lipinski definition) is 1. The zero-order valence-corrected chi connectivity index (χ0v) is 13.3. The molecule has 0 bridgehead atoms. The van der Waals surface area contributed by atoms with E-state index in [1.807, 2.05) is 30.3 Å². The molecule has 1 atom stereocenters. The minimum Gasteiger partial charge on any atom is -0.306 e. The molecule has 1 nitrogen and oxygen atoms in total. The van der Waals surface area contributed by atoms with Gasteiger partial charge in [-0.15, -0.1) is 0 Å². The SMILES string of the molecule is CCCNC(c1cc(C)cc(Cl)c1)c1ccccc1Cl. The number of nitrogens with one attached hydrogen (secondary N) is 1. The maximum absolute atomic E-state index is 6.35. The Kier molecular flexibility index (Phi) is 5.47. The molecule has 0 aromatic heterocycles. The molecule has 0 heterocycles. The Labute approximate surface area is 130 Å². The third-order valence-electron chi connectivity index (χ3n) is 3.21. The molecule has 2 rings (SSSR count). The smallest absolute Gasteiger partial charge is 0.0592 e. The summed E-state index contributed by atoms with van der Waals surface area (Å²) in [6.45, 7) is 5.14. The van der Waals surface area contributed by atoms with Gasteiger partial charge in [0.05, 0.1) is 6.04 Å². The zero-order valence-electron chi connectivity index (χ0n) is 11.8. The average molecular weight is 308 g/mol. The first-order chi connectivity index (χ1) is 9.61. The quantitative estimate of drug-likeness (QED) is 0.780. The highest BCUT2D eigenvalue weighted by Gasteiger charge is 2.16. The molecular weight excluding hydrogens is 289 g/mol. The van der Waals surface area contributed by atoms with E-state index in [2.05, 4.69) is 31.3 Å². The van der Waals surface area contributed by atoms with Gasteiger partial charge in [-0.2, -0.15) is 0 Å². The molecule has 0 fully saturated rings. The van der Waals surface area contributed by atoms with Crippen LogP contribution < -0.4 is 5.32 Å². The molecule has 0 amide bonds. The first kappa shape index (κ1) is 15.4. The van der Waals surface area contributed by atoms with Crippen LogP contribution in [0.15, 0.2) is 42.5 Å². The molecule has 2 aromatic carbocycles. The van der Waals surface area contributed by atoms with Gasteiger partial charge in [0.2, 0.25) is 0 Å². The summed E-state index contributed by atoms with van der Waals surface area (Å²) in [6.07, 6.45) is 1.07. The molecule has 0 aliphatic rings. The normalized spacial score (nSPS) is 12.4. The number of hydrogen-bond acceptors (Lipinski definition) is 1. The van der Waals surface area contributed by atoms with E-state index in [0.29, 0.717) is 0 Å². The Hall–Kier alpha value is -1.02. The molecule has 106 valence electrons. The Morgan fingerprint density at radius 1 is 1.10 bits per heavy atom. The second-order valence-electron chi connectivity index (χ2n) is 4.97. The van der Waals surface area contributed by atoms with Gasteiger partial charge in [-0.05, 0) is 54.8 Å². The molecule has 0 saturated heterocycles. The zero-order chi connectivity index (χ0) is 14.5. The van der Waals surface area contributed by atoms with Crippen LogP contribution in [0.4, 0.5) is 0 Å². The maximum Gasteiger partial charge on any atom is 0.0592 e. The Balaban J connectivity index is 2.44. The van der Waals surface area contributed by atoms with E-state index in [1.54, 1.807) is 0 Å². The topological polar surface area (TPSA) is 12.0 Å². The highest BCUT2D eigenvalue weighted by atomic mass is 35.5. The lowest BCUT2D eigenvalue weighted by atomic mass is 9.97. The van der Waals surface area contributed by atoms with Gasteiger partial charge in [0, 0.05) is 10.0 Å². The molecule has 0 saturated carbocycles.